The second-order valence-electron chi connectivity index (χ2n) is 8.37. The molecule has 7 nitrogen and oxygen atoms in total. The third kappa shape index (κ3) is 5.38. The van der Waals surface area contributed by atoms with Crippen molar-refractivity contribution in [2.24, 2.45) is 0 Å². The Labute approximate surface area is 185 Å². The number of hydrogen-bond acceptors (Lipinski definition) is 5. The molecule has 164 valence electrons. The Balaban J connectivity index is 1.83. The van der Waals surface area contributed by atoms with Crippen LogP contribution >= 0.6 is 11.8 Å². The molecule has 2 N–H and O–H groups in total. The van der Waals surface area contributed by atoms with Gasteiger partial charge in [-0.1, -0.05) is 45.0 Å². The van der Waals surface area contributed by atoms with Crippen LogP contribution in [0.1, 0.15) is 43.7 Å². The molecule has 0 spiro atoms. The van der Waals surface area contributed by atoms with Crippen molar-refractivity contribution in [2.75, 3.05) is 5.75 Å². The van der Waals surface area contributed by atoms with Crippen LogP contribution < -0.4 is 4.74 Å². The van der Waals surface area contributed by atoms with Crippen molar-refractivity contribution in [2.45, 2.75) is 44.0 Å². The van der Waals surface area contributed by atoms with E-state index in [1.165, 1.54) is 17.3 Å². The predicted molar refractivity (Wildman–Crippen MR) is 117 cm³/mol. The van der Waals surface area contributed by atoms with Crippen molar-refractivity contribution in [3.63, 3.8) is 0 Å². The summed E-state index contributed by atoms with van der Waals surface area (Å²) in [6, 6.07) is 13.4. The summed E-state index contributed by atoms with van der Waals surface area (Å²) in [6.45, 7) is 6.40. The topological polar surface area (TPSA) is 104 Å². The Morgan fingerprint density at radius 3 is 2.39 bits per heavy atom. The van der Waals surface area contributed by atoms with Crippen LogP contribution in [-0.2, 0) is 19.8 Å². The first-order valence-electron chi connectivity index (χ1n) is 9.82. The molecule has 2 aromatic rings. The SMILES string of the molecule is CC(C)(C)c1ccc(Oc2cccc(C3SCC(=O)N3[C@@H](CC(=O)O)C(=O)O)c2)cc1. The highest BCUT2D eigenvalue weighted by Gasteiger charge is 2.42. The van der Waals surface area contributed by atoms with E-state index in [9.17, 15) is 19.5 Å². The Kier molecular flexibility index (Phi) is 6.59. The average molecular weight is 444 g/mol. The molecule has 1 heterocycles. The van der Waals surface area contributed by atoms with E-state index in [0.717, 1.165) is 4.90 Å². The van der Waals surface area contributed by atoms with Gasteiger partial charge < -0.3 is 19.8 Å². The van der Waals surface area contributed by atoms with E-state index in [4.69, 9.17) is 9.84 Å². The van der Waals surface area contributed by atoms with Crippen LogP contribution in [0, 0.1) is 0 Å². The van der Waals surface area contributed by atoms with Crippen molar-refractivity contribution in [3.8, 4) is 11.5 Å². The maximum Gasteiger partial charge on any atom is 0.327 e. The van der Waals surface area contributed by atoms with E-state index in [2.05, 4.69) is 20.8 Å². The minimum Gasteiger partial charge on any atom is -0.481 e. The summed E-state index contributed by atoms with van der Waals surface area (Å²) in [7, 11) is 0. The Morgan fingerprint density at radius 2 is 1.81 bits per heavy atom. The first-order chi connectivity index (χ1) is 14.6. The number of hydrogen-bond donors (Lipinski definition) is 2. The van der Waals surface area contributed by atoms with Gasteiger partial charge in [-0.3, -0.25) is 9.59 Å². The van der Waals surface area contributed by atoms with Gasteiger partial charge in [0.2, 0.25) is 5.91 Å². The van der Waals surface area contributed by atoms with E-state index in [-0.39, 0.29) is 11.2 Å². The van der Waals surface area contributed by atoms with Gasteiger partial charge in [0.25, 0.3) is 0 Å². The average Bonchev–Trinajstić information content (AvgIpc) is 3.07. The normalized spacial score (nSPS) is 17.5. The number of carbonyl (C=O) groups excluding carboxylic acids is 1. The Bertz CT molecular complexity index is 982. The van der Waals surface area contributed by atoms with E-state index < -0.39 is 35.7 Å². The van der Waals surface area contributed by atoms with Crippen LogP contribution in [0.3, 0.4) is 0 Å². The van der Waals surface area contributed by atoms with Gasteiger partial charge in [-0.15, -0.1) is 11.8 Å². The van der Waals surface area contributed by atoms with Gasteiger partial charge in [0.1, 0.15) is 22.9 Å². The number of carboxylic acid groups (broad SMARTS) is 2. The molecule has 1 unspecified atom stereocenters. The summed E-state index contributed by atoms with van der Waals surface area (Å²) in [5, 5.41) is 18.0. The van der Waals surface area contributed by atoms with Crippen LogP contribution in [0.2, 0.25) is 0 Å². The smallest absolute Gasteiger partial charge is 0.327 e. The van der Waals surface area contributed by atoms with Crippen LogP contribution in [0.4, 0.5) is 0 Å². The van der Waals surface area contributed by atoms with Gasteiger partial charge in [0.15, 0.2) is 0 Å². The predicted octanol–water partition coefficient (Wildman–Crippen LogP) is 4.28. The molecule has 1 aliphatic rings. The number of amides is 1. The lowest BCUT2D eigenvalue weighted by molar-refractivity contribution is -0.154. The number of thioether (sulfide) groups is 1. The van der Waals surface area contributed by atoms with Crippen LogP contribution in [-0.4, -0.2) is 44.8 Å². The fourth-order valence-corrected chi connectivity index (χ4v) is 4.60. The summed E-state index contributed by atoms with van der Waals surface area (Å²) < 4.78 is 5.96. The minimum atomic E-state index is -1.43. The third-order valence-electron chi connectivity index (χ3n) is 4.99. The van der Waals surface area contributed by atoms with E-state index in [1.54, 1.807) is 24.3 Å². The number of carboxylic acids is 2. The molecule has 0 saturated carbocycles. The molecule has 0 bridgehead atoms. The maximum absolute atomic E-state index is 12.4. The molecule has 1 amide bonds. The number of aliphatic carboxylic acids is 2. The van der Waals surface area contributed by atoms with Crippen LogP contribution in [0.5, 0.6) is 11.5 Å². The van der Waals surface area contributed by atoms with Gasteiger partial charge in [-0.05, 0) is 40.8 Å². The highest BCUT2D eigenvalue weighted by atomic mass is 32.2. The highest BCUT2D eigenvalue weighted by Crippen LogP contribution is 2.42. The van der Waals surface area contributed by atoms with E-state index >= 15 is 0 Å². The fourth-order valence-electron chi connectivity index (χ4n) is 3.39. The van der Waals surface area contributed by atoms with Crippen molar-refractivity contribution in [1.82, 2.24) is 4.90 Å². The monoisotopic (exact) mass is 443 g/mol. The molecule has 2 aromatic carbocycles. The summed E-state index contributed by atoms with van der Waals surface area (Å²) in [4.78, 5) is 36.3. The molecule has 3 rings (SSSR count). The van der Waals surface area contributed by atoms with Gasteiger partial charge in [0.05, 0.1) is 12.2 Å². The molecule has 1 saturated heterocycles. The zero-order chi connectivity index (χ0) is 22.8. The summed E-state index contributed by atoms with van der Waals surface area (Å²) in [6.07, 6.45) is -0.658. The molecule has 0 aliphatic carbocycles. The lowest BCUT2D eigenvalue weighted by Crippen LogP contribution is -2.44. The van der Waals surface area contributed by atoms with E-state index in [1.807, 2.05) is 24.3 Å². The van der Waals surface area contributed by atoms with Gasteiger partial charge in [-0.25, -0.2) is 4.79 Å². The zero-order valence-electron chi connectivity index (χ0n) is 17.6. The van der Waals surface area contributed by atoms with Crippen molar-refractivity contribution in [1.29, 1.82) is 0 Å². The number of nitrogens with zero attached hydrogens (tertiary/aromatic N) is 1. The Morgan fingerprint density at radius 1 is 1.13 bits per heavy atom. The molecule has 1 aliphatic heterocycles. The fraction of sp³-hybridized carbons (Fsp3) is 0.348. The Hall–Kier alpha value is -3.00. The third-order valence-corrected chi connectivity index (χ3v) is 6.22. The van der Waals surface area contributed by atoms with Gasteiger partial charge in [-0.2, -0.15) is 0 Å². The first kappa shape index (κ1) is 22.7. The summed E-state index contributed by atoms with van der Waals surface area (Å²) >= 11 is 1.27. The number of rotatable bonds is 7. The molecule has 31 heavy (non-hydrogen) atoms. The summed E-state index contributed by atoms with van der Waals surface area (Å²) in [5.41, 5.74) is 1.89. The molecule has 0 radical (unpaired) electrons. The lowest BCUT2D eigenvalue weighted by atomic mass is 9.87. The largest absolute Gasteiger partial charge is 0.481 e. The number of carbonyl (C=O) groups is 3. The highest BCUT2D eigenvalue weighted by molar-refractivity contribution is 8.00. The maximum atomic E-state index is 12.4. The minimum absolute atomic E-state index is 0.0325. The summed E-state index contributed by atoms with van der Waals surface area (Å²) in [5.74, 6) is -1.71. The standard InChI is InChI=1S/C23H25NO6S/c1-23(2,3)15-7-9-16(10-8-15)30-17-6-4-5-14(11-17)21-24(19(25)13-31-21)18(22(28)29)12-20(26)27/h4-11,18,21H,12-13H2,1-3H3,(H,26,27)(H,28,29)/t18-,21?/m0/s1. The number of ether oxygens (including phenoxy) is 1. The molecular formula is C23H25NO6S. The second-order valence-corrected chi connectivity index (χ2v) is 9.43. The van der Waals surface area contributed by atoms with E-state index in [0.29, 0.717) is 17.1 Å². The number of benzene rings is 2. The van der Waals surface area contributed by atoms with Crippen molar-refractivity contribution in [3.05, 3.63) is 59.7 Å². The van der Waals surface area contributed by atoms with Gasteiger partial charge >= 0.3 is 11.9 Å². The molecule has 1 fully saturated rings. The lowest BCUT2D eigenvalue weighted by Gasteiger charge is -2.29. The van der Waals surface area contributed by atoms with Crippen molar-refractivity contribution < 1.29 is 29.3 Å². The second kappa shape index (κ2) is 9.01. The molecule has 0 aromatic heterocycles. The van der Waals surface area contributed by atoms with Crippen LogP contribution in [0.15, 0.2) is 48.5 Å². The van der Waals surface area contributed by atoms with Crippen molar-refractivity contribution >= 4 is 29.6 Å². The molecule has 8 heteroatoms. The van der Waals surface area contributed by atoms with Gasteiger partial charge in [0, 0.05) is 0 Å². The van der Waals surface area contributed by atoms with Crippen LogP contribution in [0.25, 0.3) is 0 Å². The first-order valence-corrected chi connectivity index (χ1v) is 10.9. The molecular weight excluding hydrogens is 418 g/mol. The zero-order valence-corrected chi connectivity index (χ0v) is 18.4. The quantitative estimate of drug-likeness (QED) is 0.658. The molecule has 2 atom stereocenters.